The second kappa shape index (κ2) is 9.30. The zero-order valence-electron chi connectivity index (χ0n) is 15.1. The van der Waals surface area contributed by atoms with E-state index in [1.165, 1.54) is 19.3 Å². The van der Waals surface area contributed by atoms with Gasteiger partial charge in [0.15, 0.2) is 17.4 Å². The fourth-order valence-corrected chi connectivity index (χ4v) is 4.16. The lowest BCUT2D eigenvalue weighted by Gasteiger charge is -2.36. The normalized spacial score (nSPS) is 23.4. The molecule has 0 saturated carbocycles. The first-order chi connectivity index (χ1) is 11.6. The summed E-state index contributed by atoms with van der Waals surface area (Å²) in [5.74, 6) is 0.798. The second-order valence-corrected chi connectivity index (χ2v) is 7.55. The number of nitrogens with zero attached hydrogens (tertiary/aromatic N) is 3. The molecule has 0 bridgehead atoms. The number of carbonyl (C=O) groups excluding carboxylic acids is 2. The van der Waals surface area contributed by atoms with Crippen LogP contribution in [0.5, 0.6) is 0 Å². The van der Waals surface area contributed by atoms with Crippen LogP contribution in [0.4, 0.5) is 4.79 Å². The summed E-state index contributed by atoms with van der Waals surface area (Å²) in [6.07, 6.45) is 7.83. The molecule has 0 aliphatic carbocycles. The summed E-state index contributed by atoms with van der Waals surface area (Å²) in [5.41, 5.74) is 0. The predicted octanol–water partition coefficient (Wildman–Crippen LogP) is 3.04. The number of likely N-dealkylation sites (N-methyl/N-ethyl adjacent to an activating group) is 1. The molecule has 2 heterocycles. The predicted molar refractivity (Wildman–Crippen MR) is 99.1 cm³/mol. The van der Waals surface area contributed by atoms with Gasteiger partial charge in [0.25, 0.3) is 5.91 Å². The van der Waals surface area contributed by atoms with Gasteiger partial charge in [-0.1, -0.05) is 57.7 Å². The van der Waals surface area contributed by atoms with Gasteiger partial charge in [0, 0.05) is 19.3 Å². The Balaban J connectivity index is 2.03. The van der Waals surface area contributed by atoms with Crippen LogP contribution in [0.1, 0.15) is 58.8 Å². The molecule has 0 radical (unpaired) electrons. The van der Waals surface area contributed by atoms with Crippen molar-refractivity contribution >= 4 is 28.9 Å². The van der Waals surface area contributed by atoms with Crippen LogP contribution in [0.3, 0.4) is 0 Å². The molecule has 0 aromatic carbocycles. The van der Waals surface area contributed by atoms with E-state index in [2.05, 4.69) is 24.1 Å². The second-order valence-electron chi connectivity index (χ2n) is 6.49. The standard InChI is InChI=1S/C17H30N4O2S/c1-4-6-8-10-12-24-17-18-14-13(21(17)11-9-7-5-2)15(22)19-16(23)20(14)3/h13-14H,4-12H2,1-3H3,(H,19,22,23). The maximum absolute atomic E-state index is 12.4. The molecule has 2 atom stereocenters. The molecule has 1 fully saturated rings. The molecular formula is C17H30N4O2S. The number of carbonyl (C=O) groups is 2. The molecule has 1 N–H and O–H groups in total. The SMILES string of the molecule is CCCCCCSC1=NC2C(C(=O)NC(=O)N2C)N1CCCCC. The first kappa shape index (κ1) is 19.1. The number of hydrogen-bond acceptors (Lipinski definition) is 5. The monoisotopic (exact) mass is 354 g/mol. The van der Waals surface area contributed by atoms with Gasteiger partial charge in [0.05, 0.1) is 0 Å². The number of urea groups is 1. The summed E-state index contributed by atoms with van der Waals surface area (Å²) in [6, 6.07) is -0.726. The average Bonchev–Trinajstić information content (AvgIpc) is 2.92. The van der Waals surface area contributed by atoms with Crippen molar-refractivity contribution in [3.63, 3.8) is 0 Å². The minimum atomic E-state index is -0.383. The van der Waals surface area contributed by atoms with Crippen LogP contribution in [0.25, 0.3) is 0 Å². The van der Waals surface area contributed by atoms with Gasteiger partial charge in [-0.05, 0) is 12.8 Å². The van der Waals surface area contributed by atoms with Crippen molar-refractivity contribution in [3.05, 3.63) is 0 Å². The number of nitrogens with one attached hydrogen (secondary N) is 1. The zero-order chi connectivity index (χ0) is 17.5. The molecule has 0 spiro atoms. The van der Waals surface area contributed by atoms with Gasteiger partial charge in [0.2, 0.25) is 0 Å². The van der Waals surface area contributed by atoms with E-state index in [-0.39, 0.29) is 24.1 Å². The van der Waals surface area contributed by atoms with Gasteiger partial charge in [-0.2, -0.15) is 0 Å². The number of fused-ring (bicyclic) bond motifs is 1. The van der Waals surface area contributed by atoms with Crippen LogP contribution >= 0.6 is 11.8 Å². The zero-order valence-corrected chi connectivity index (χ0v) is 15.9. The van der Waals surface area contributed by atoms with Crippen LogP contribution in [-0.4, -0.2) is 58.5 Å². The first-order valence-corrected chi connectivity index (χ1v) is 10.1. The third kappa shape index (κ3) is 4.43. The molecule has 2 aliphatic heterocycles. The summed E-state index contributed by atoms with van der Waals surface area (Å²) in [5, 5.41) is 3.37. The number of hydrogen-bond donors (Lipinski definition) is 1. The molecule has 24 heavy (non-hydrogen) atoms. The fraction of sp³-hybridized carbons (Fsp3) is 0.824. The van der Waals surface area contributed by atoms with Crippen molar-refractivity contribution < 1.29 is 9.59 Å². The van der Waals surface area contributed by atoms with E-state index in [0.717, 1.165) is 43.1 Å². The van der Waals surface area contributed by atoms with Gasteiger partial charge < -0.3 is 9.80 Å². The summed E-state index contributed by atoms with van der Waals surface area (Å²) in [6.45, 7) is 5.20. The van der Waals surface area contributed by atoms with Gasteiger partial charge in [0.1, 0.15) is 0 Å². The Morgan fingerprint density at radius 2 is 1.79 bits per heavy atom. The molecule has 7 heteroatoms. The topological polar surface area (TPSA) is 65.0 Å². The summed E-state index contributed by atoms with van der Waals surface area (Å²) in [7, 11) is 1.71. The largest absolute Gasteiger partial charge is 0.336 e. The fourth-order valence-electron chi connectivity index (χ4n) is 3.08. The number of unbranched alkanes of at least 4 members (excludes halogenated alkanes) is 5. The molecule has 1 saturated heterocycles. The van der Waals surface area contributed by atoms with E-state index in [4.69, 9.17) is 4.99 Å². The number of rotatable bonds is 9. The molecule has 2 unspecified atom stereocenters. The van der Waals surface area contributed by atoms with E-state index in [9.17, 15) is 9.59 Å². The molecule has 6 nitrogen and oxygen atoms in total. The van der Waals surface area contributed by atoms with Crippen LogP contribution in [0.2, 0.25) is 0 Å². The number of amides is 3. The average molecular weight is 355 g/mol. The minimum absolute atomic E-state index is 0.218. The van der Waals surface area contributed by atoms with Gasteiger partial charge in [-0.15, -0.1) is 0 Å². The Morgan fingerprint density at radius 1 is 1.08 bits per heavy atom. The quantitative estimate of drug-likeness (QED) is 0.646. The van der Waals surface area contributed by atoms with E-state index < -0.39 is 0 Å². The Hall–Kier alpha value is -1.24. The maximum Gasteiger partial charge on any atom is 0.325 e. The maximum atomic E-state index is 12.4. The van der Waals surface area contributed by atoms with Crippen LogP contribution < -0.4 is 5.32 Å². The molecule has 0 aromatic heterocycles. The van der Waals surface area contributed by atoms with E-state index in [0.29, 0.717) is 0 Å². The van der Waals surface area contributed by atoms with Gasteiger partial charge in [-0.3, -0.25) is 10.1 Å². The van der Waals surface area contributed by atoms with Crippen molar-refractivity contribution in [2.24, 2.45) is 4.99 Å². The Labute approximate surface area is 149 Å². The summed E-state index contributed by atoms with van der Waals surface area (Å²) >= 11 is 1.73. The molecule has 0 aromatic rings. The third-order valence-corrected chi connectivity index (χ3v) is 5.65. The highest BCUT2D eigenvalue weighted by atomic mass is 32.2. The van der Waals surface area contributed by atoms with Crippen LogP contribution in [-0.2, 0) is 4.79 Å². The highest BCUT2D eigenvalue weighted by molar-refractivity contribution is 8.13. The van der Waals surface area contributed by atoms with Crippen molar-refractivity contribution in [1.82, 2.24) is 15.1 Å². The molecule has 2 rings (SSSR count). The van der Waals surface area contributed by atoms with Crippen LogP contribution in [0, 0.1) is 0 Å². The molecular weight excluding hydrogens is 324 g/mol. The van der Waals surface area contributed by atoms with Crippen molar-refractivity contribution in [2.45, 2.75) is 71.0 Å². The molecule has 2 aliphatic rings. The van der Waals surface area contributed by atoms with E-state index in [1.54, 1.807) is 23.7 Å². The number of thioether (sulfide) groups is 1. The van der Waals surface area contributed by atoms with E-state index in [1.807, 2.05) is 0 Å². The number of aliphatic imine (C=N–C) groups is 1. The Kier molecular flexibility index (Phi) is 7.40. The lowest BCUT2D eigenvalue weighted by atomic mass is 10.1. The number of imide groups is 1. The van der Waals surface area contributed by atoms with Crippen molar-refractivity contribution in [1.29, 1.82) is 0 Å². The van der Waals surface area contributed by atoms with Crippen LogP contribution in [0.15, 0.2) is 4.99 Å². The Morgan fingerprint density at radius 3 is 2.50 bits per heavy atom. The van der Waals surface area contributed by atoms with E-state index >= 15 is 0 Å². The first-order valence-electron chi connectivity index (χ1n) is 9.15. The van der Waals surface area contributed by atoms with Gasteiger partial charge in [-0.25, -0.2) is 9.79 Å². The summed E-state index contributed by atoms with van der Waals surface area (Å²) < 4.78 is 0. The number of amidine groups is 1. The summed E-state index contributed by atoms with van der Waals surface area (Å²) in [4.78, 5) is 32.6. The highest BCUT2D eigenvalue weighted by Gasteiger charge is 2.48. The lowest BCUT2D eigenvalue weighted by Crippen LogP contribution is -2.63. The molecule has 3 amide bonds. The smallest absolute Gasteiger partial charge is 0.325 e. The van der Waals surface area contributed by atoms with Crippen molar-refractivity contribution in [2.75, 3.05) is 19.3 Å². The highest BCUT2D eigenvalue weighted by Crippen LogP contribution is 2.29. The van der Waals surface area contributed by atoms with Crippen molar-refractivity contribution in [3.8, 4) is 0 Å². The molecule has 136 valence electrons. The minimum Gasteiger partial charge on any atom is -0.336 e. The Bertz CT molecular complexity index is 483. The van der Waals surface area contributed by atoms with Gasteiger partial charge >= 0.3 is 6.03 Å². The lowest BCUT2D eigenvalue weighted by molar-refractivity contribution is -0.127. The third-order valence-electron chi connectivity index (χ3n) is 4.55.